The highest BCUT2D eigenvalue weighted by Gasteiger charge is 2.27. The molecule has 2 heteroatoms. The quantitative estimate of drug-likeness (QED) is 0.612. The van der Waals surface area contributed by atoms with E-state index in [9.17, 15) is 0 Å². The van der Waals surface area contributed by atoms with Crippen molar-refractivity contribution in [2.75, 3.05) is 19.6 Å². The summed E-state index contributed by atoms with van der Waals surface area (Å²) in [6.45, 7) is 10.3. The smallest absolute Gasteiger partial charge is 0.00964 e. The first-order valence-electron chi connectivity index (χ1n) is 7.03. The average Bonchev–Trinajstić information content (AvgIpc) is 3.06. The Labute approximate surface area is 102 Å². The molecule has 1 aliphatic carbocycles. The van der Waals surface area contributed by atoms with Gasteiger partial charge in [-0.2, -0.15) is 0 Å². The van der Waals surface area contributed by atoms with Crippen LogP contribution in [-0.4, -0.2) is 30.6 Å². The van der Waals surface area contributed by atoms with Crippen LogP contribution in [0, 0.1) is 5.41 Å². The maximum atomic E-state index is 5.74. The van der Waals surface area contributed by atoms with E-state index in [1.807, 2.05) is 0 Å². The van der Waals surface area contributed by atoms with Crippen molar-refractivity contribution in [1.29, 1.82) is 0 Å². The largest absolute Gasteiger partial charge is 0.330 e. The van der Waals surface area contributed by atoms with Gasteiger partial charge in [0, 0.05) is 6.04 Å². The molecule has 1 aliphatic rings. The van der Waals surface area contributed by atoms with E-state index in [1.54, 1.807) is 0 Å². The minimum absolute atomic E-state index is 0.342. The second kappa shape index (κ2) is 6.61. The highest BCUT2D eigenvalue weighted by molar-refractivity contribution is 4.84. The molecule has 2 N–H and O–H groups in total. The molecule has 1 fully saturated rings. The number of nitrogens with two attached hydrogens (primary N) is 1. The van der Waals surface area contributed by atoms with Gasteiger partial charge in [-0.05, 0) is 57.2 Å². The molecule has 16 heavy (non-hydrogen) atoms. The molecule has 0 aliphatic heterocycles. The maximum Gasteiger partial charge on any atom is 0.00964 e. The molecule has 0 bridgehead atoms. The van der Waals surface area contributed by atoms with E-state index in [1.165, 1.54) is 51.6 Å². The van der Waals surface area contributed by atoms with Crippen molar-refractivity contribution in [2.24, 2.45) is 11.1 Å². The molecular weight excluding hydrogens is 196 g/mol. The number of nitrogens with zero attached hydrogens (tertiary/aromatic N) is 1. The van der Waals surface area contributed by atoms with Gasteiger partial charge in [-0.3, -0.25) is 0 Å². The Morgan fingerprint density at radius 2 is 1.88 bits per heavy atom. The highest BCUT2D eigenvalue weighted by atomic mass is 15.2. The van der Waals surface area contributed by atoms with Gasteiger partial charge in [0.05, 0.1) is 0 Å². The first-order chi connectivity index (χ1) is 7.59. The summed E-state index contributed by atoms with van der Waals surface area (Å²) in [6, 6.07) is 0.933. The molecule has 0 heterocycles. The molecule has 96 valence electrons. The normalized spacial score (nSPS) is 17.1. The van der Waals surface area contributed by atoms with Gasteiger partial charge in [-0.15, -0.1) is 0 Å². The second-order valence-electron chi connectivity index (χ2n) is 6.09. The van der Waals surface area contributed by atoms with E-state index in [4.69, 9.17) is 5.73 Å². The topological polar surface area (TPSA) is 29.3 Å². The van der Waals surface area contributed by atoms with Gasteiger partial charge >= 0.3 is 0 Å². The zero-order valence-corrected chi connectivity index (χ0v) is 11.5. The zero-order chi connectivity index (χ0) is 12.0. The van der Waals surface area contributed by atoms with E-state index in [-0.39, 0.29) is 0 Å². The lowest BCUT2D eigenvalue weighted by atomic mass is 9.87. The summed E-state index contributed by atoms with van der Waals surface area (Å²) in [7, 11) is 0. The van der Waals surface area contributed by atoms with Crippen molar-refractivity contribution < 1.29 is 0 Å². The Bertz CT molecular complexity index is 185. The van der Waals surface area contributed by atoms with Crippen LogP contribution in [0.2, 0.25) is 0 Å². The lowest BCUT2D eigenvalue weighted by Gasteiger charge is -2.24. The Hall–Kier alpha value is -0.0800. The molecule has 0 aromatic carbocycles. The molecule has 2 nitrogen and oxygen atoms in total. The van der Waals surface area contributed by atoms with Gasteiger partial charge in [0.1, 0.15) is 0 Å². The summed E-state index contributed by atoms with van der Waals surface area (Å²) >= 11 is 0. The number of hydrogen-bond donors (Lipinski definition) is 1. The number of unbranched alkanes of at least 4 members (excludes halogenated alkanes) is 1. The van der Waals surface area contributed by atoms with Crippen molar-refractivity contribution in [3.63, 3.8) is 0 Å². The fraction of sp³-hybridized carbons (Fsp3) is 1.00. The number of hydrogen-bond acceptors (Lipinski definition) is 2. The molecular formula is C14H30N2. The van der Waals surface area contributed by atoms with E-state index < -0.39 is 0 Å². The Morgan fingerprint density at radius 1 is 1.19 bits per heavy atom. The molecule has 0 atom stereocenters. The van der Waals surface area contributed by atoms with Crippen LogP contribution in [0.5, 0.6) is 0 Å². The van der Waals surface area contributed by atoms with Crippen molar-refractivity contribution in [3.8, 4) is 0 Å². The summed E-state index contributed by atoms with van der Waals surface area (Å²) in [5.41, 5.74) is 6.09. The monoisotopic (exact) mass is 226 g/mol. The van der Waals surface area contributed by atoms with E-state index in [2.05, 4.69) is 25.7 Å². The lowest BCUT2D eigenvalue weighted by Crippen LogP contribution is -2.28. The third-order valence-corrected chi connectivity index (χ3v) is 3.68. The summed E-state index contributed by atoms with van der Waals surface area (Å²) in [5, 5.41) is 0. The zero-order valence-electron chi connectivity index (χ0n) is 11.5. The first kappa shape index (κ1) is 14.0. The lowest BCUT2D eigenvalue weighted by molar-refractivity contribution is 0.247. The van der Waals surface area contributed by atoms with Crippen LogP contribution in [0.25, 0.3) is 0 Å². The summed E-state index contributed by atoms with van der Waals surface area (Å²) in [4.78, 5) is 2.69. The van der Waals surface area contributed by atoms with Crippen LogP contribution in [0.15, 0.2) is 0 Å². The van der Waals surface area contributed by atoms with Gasteiger partial charge in [0.2, 0.25) is 0 Å². The third-order valence-electron chi connectivity index (χ3n) is 3.68. The molecule has 0 unspecified atom stereocenters. The summed E-state index contributed by atoms with van der Waals surface area (Å²) in [6.07, 6.45) is 8.12. The van der Waals surface area contributed by atoms with Crippen molar-refractivity contribution >= 4 is 0 Å². The Morgan fingerprint density at radius 3 is 2.38 bits per heavy atom. The van der Waals surface area contributed by atoms with Crippen molar-refractivity contribution in [1.82, 2.24) is 4.90 Å². The Kier molecular flexibility index (Phi) is 5.77. The molecule has 0 aromatic heterocycles. The van der Waals surface area contributed by atoms with Gasteiger partial charge in [0.15, 0.2) is 0 Å². The van der Waals surface area contributed by atoms with Crippen LogP contribution in [0.4, 0.5) is 0 Å². The summed E-state index contributed by atoms with van der Waals surface area (Å²) < 4.78 is 0. The van der Waals surface area contributed by atoms with Crippen LogP contribution in [0.1, 0.15) is 59.3 Å². The highest BCUT2D eigenvalue weighted by Crippen LogP contribution is 2.28. The van der Waals surface area contributed by atoms with Crippen LogP contribution < -0.4 is 5.73 Å². The van der Waals surface area contributed by atoms with Crippen LogP contribution >= 0.6 is 0 Å². The molecule has 0 radical (unpaired) electrons. The third kappa shape index (κ3) is 5.31. The minimum Gasteiger partial charge on any atom is -0.330 e. The summed E-state index contributed by atoms with van der Waals surface area (Å²) in [5.74, 6) is 0. The molecule has 0 amide bonds. The predicted molar refractivity (Wildman–Crippen MR) is 71.6 cm³/mol. The molecule has 1 rings (SSSR count). The average molecular weight is 226 g/mol. The minimum atomic E-state index is 0.342. The fourth-order valence-electron chi connectivity index (χ4n) is 2.22. The van der Waals surface area contributed by atoms with Gasteiger partial charge < -0.3 is 10.6 Å². The second-order valence-corrected chi connectivity index (χ2v) is 6.09. The van der Waals surface area contributed by atoms with E-state index >= 15 is 0 Å². The molecule has 0 spiro atoms. The van der Waals surface area contributed by atoms with Gasteiger partial charge in [-0.1, -0.05) is 27.2 Å². The maximum absolute atomic E-state index is 5.74. The van der Waals surface area contributed by atoms with E-state index in [0.717, 1.165) is 12.6 Å². The van der Waals surface area contributed by atoms with Crippen molar-refractivity contribution in [2.45, 2.75) is 65.3 Å². The van der Waals surface area contributed by atoms with Crippen LogP contribution in [0.3, 0.4) is 0 Å². The number of rotatable bonds is 9. The van der Waals surface area contributed by atoms with Gasteiger partial charge in [0.25, 0.3) is 0 Å². The molecule has 0 saturated heterocycles. The van der Waals surface area contributed by atoms with Gasteiger partial charge in [-0.25, -0.2) is 0 Å². The first-order valence-corrected chi connectivity index (χ1v) is 7.03. The molecule has 0 aromatic rings. The fourth-order valence-corrected chi connectivity index (χ4v) is 2.22. The predicted octanol–water partition coefficient (Wildman–Crippen LogP) is 3.02. The van der Waals surface area contributed by atoms with Crippen LogP contribution in [-0.2, 0) is 0 Å². The van der Waals surface area contributed by atoms with Crippen molar-refractivity contribution in [3.05, 3.63) is 0 Å². The Balaban J connectivity index is 2.08. The molecule has 1 saturated carbocycles. The van der Waals surface area contributed by atoms with E-state index in [0.29, 0.717) is 5.41 Å². The SMILES string of the molecule is CCCN(CCCCC(C)(C)CN)C1CC1. The standard InChI is InChI=1S/C14H30N2/c1-4-10-16(13-7-8-13)11-6-5-9-14(2,3)12-15/h13H,4-12,15H2,1-3H3.